The number of aromatic nitrogens is 2. The van der Waals surface area contributed by atoms with E-state index in [1.54, 1.807) is 12.1 Å². The Balaban J connectivity index is 2.20. The van der Waals surface area contributed by atoms with E-state index in [0.717, 1.165) is 17.8 Å². The highest BCUT2D eigenvalue weighted by Gasteiger charge is 2.18. The number of methoxy groups -OCH3 is 1. The lowest BCUT2D eigenvalue weighted by Crippen LogP contribution is -2.12. The Kier molecular flexibility index (Phi) is 7.01. The van der Waals surface area contributed by atoms with Gasteiger partial charge < -0.3 is 9.47 Å². The molecule has 2 rings (SSSR count). The number of anilines is 1. The molecule has 0 unspecified atom stereocenters. The van der Waals surface area contributed by atoms with Crippen LogP contribution in [0.25, 0.3) is 0 Å². The number of ether oxygens (including phenoxy) is 2. The van der Waals surface area contributed by atoms with E-state index in [1.165, 1.54) is 18.4 Å². The first-order valence-electron chi connectivity index (χ1n) is 8.18. The highest BCUT2D eigenvalue weighted by atomic mass is 35.5. The first-order chi connectivity index (χ1) is 12.0. The summed E-state index contributed by atoms with van der Waals surface area (Å²) in [5.74, 6) is 0.878. The van der Waals surface area contributed by atoms with Crippen LogP contribution in [0.4, 0.5) is 5.13 Å². The minimum atomic E-state index is -0.324. The molecule has 6 nitrogen and oxygen atoms in total. The van der Waals surface area contributed by atoms with Gasteiger partial charge in [0.1, 0.15) is 5.01 Å². The lowest BCUT2D eigenvalue weighted by atomic mass is 10.1. The third-order valence-electron chi connectivity index (χ3n) is 3.78. The molecule has 0 aliphatic carbocycles. The van der Waals surface area contributed by atoms with Gasteiger partial charge in [0.05, 0.1) is 18.7 Å². The predicted molar refractivity (Wildman–Crippen MR) is 100 cm³/mol. The number of amides is 1. The Morgan fingerprint density at radius 3 is 2.60 bits per heavy atom. The molecule has 1 aromatic carbocycles. The Morgan fingerprint density at radius 1 is 1.28 bits per heavy atom. The quantitative estimate of drug-likeness (QED) is 0.711. The maximum atomic E-state index is 12.5. The molecule has 0 aliphatic heterocycles. The summed E-state index contributed by atoms with van der Waals surface area (Å²) < 4.78 is 10.7. The number of nitrogens with one attached hydrogen (secondary N) is 1. The zero-order chi connectivity index (χ0) is 18.4. The highest BCUT2D eigenvalue weighted by molar-refractivity contribution is 7.15. The second kappa shape index (κ2) is 9.01. The van der Waals surface area contributed by atoms with E-state index in [-0.39, 0.29) is 5.91 Å². The molecule has 0 saturated carbocycles. The van der Waals surface area contributed by atoms with Crippen molar-refractivity contribution in [1.29, 1.82) is 0 Å². The molecule has 0 atom stereocenters. The Morgan fingerprint density at radius 2 is 2.00 bits per heavy atom. The van der Waals surface area contributed by atoms with Crippen molar-refractivity contribution in [3.8, 4) is 11.5 Å². The van der Waals surface area contributed by atoms with E-state index >= 15 is 0 Å². The summed E-state index contributed by atoms with van der Waals surface area (Å²) in [4.78, 5) is 12.5. The van der Waals surface area contributed by atoms with Gasteiger partial charge in [-0.1, -0.05) is 36.8 Å². The Labute approximate surface area is 156 Å². The average molecular weight is 384 g/mol. The molecule has 136 valence electrons. The van der Waals surface area contributed by atoms with Crippen molar-refractivity contribution in [2.75, 3.05) is 19.0 Å². The van der Waals surface area contributed by atoms with Crippen molar-refractivity contribution < 1.29 is 14.3 Å². The molecule has 0 fully saturated rings. The smallest absolute Gasteiger partial charge is 0.257 e. The maximum absolute atomic E-state index is 12.5. The minimum Gasteiger partial charge on any atom is -0.493 e. The van der Waals surface area contributed by atoms with E-state index in [9.17, 15) is 4.79 Å². The van der Waals surface area contributed by atoms with Gasteiger partial charge in [-0.05, 0) is 31.9 Å². The zero-order valence-corrected chi connectivity index (χ0v) is 16.3. The number of hydrogen-bond donors (Lipinski definition) is 1. The van der Waals surface area contributed by atoms with Gasteiger partial charge >= 0.3 is 0 Å². The van der Waals surface area contributed by atoms with Gasteiger partial charge in [-0.15, -0.1) is 10.2 Å². The molecule has 0 aliphatic rings. The number of rotatable bonds is 8. The van der Waals surface area contributed by atoms with Crippen LogP contribution in [0.1, 0.15) is 54.9 Å². The second-order valence-corrected chi connectivity index (χ2v) is 6.75. The third-order valence-corrected chi connectivity index (χ3v) is 5.06. The normalized spacial score (nSPS) is 10.8. The van der Waals surface area contributed by atoms with Crippen LogP contribution in [-0.4, -0.2) is 29.8 Å². The summed E-state index contributed by atoms with van der Waals surface area (Å²) in [6.45, 7) is 6.53. The molecule has 0 spiro atoms. The topological polar surface area (TPSA) is 73.3 Å². The third kappa shape index (κ3) is 4.61. The number of nitrogens with zero attached hydrogens (tertiary/aromatic N) is 2. The number of carbonyl (C=O) groups is 1. The van der Waals surface area contributed by atoms with Gasteiger partial charge in [0.15, 0.2) is 11.5 Å². The standard InChI is InChI=1S/C17H22ClN3O3S/c1-5-10(6-2)16-20-21-17(25-16)19-15(22)11-8-12(18)14(24-7-3)13(9-11)23-4/h8-10H,5-7H2,1-4H3,(H,19,21,22). The molecular weight excluding hydrogens is 362 g/mol. The van der Waals surface area contributed by atoms with Crippen LogP contribution in [0.5, 0.6) is 11.5 Å². The van der Waals surface area contributed by atoms with Crippen molar-refractivity contribution in [2.45, 2.75) is 39.5 Å². The van der Waals surface area contributed by atoms with Crippen molar-refractivity contribution in [3.05, 3.63) is 27.7 Å². The number of hydrogen-bond acceptors (Lipinski definition) is 6. The SMILES string of the molecule is CCOc1c(Cl)cc(C(=O)Nc2nnc(C(CC)CC)s2)cc1OC. The van der Waals surface area contributed by atoms with E-state index in [0.29, 0.717) is 39.7 Å². The molecule has 1 heterocycles. The highest BCUT2D eigenvalue weighted by Crippen LogP contribution is 2.36. The molecule has 8 heteroatoms. The monoisotopic (exact) mass is 383 g/mol. The van der Waals surface area contributed by atoms with Crippen LogP contribution in [0, 0.1) is 0 Å². The van der Waals surface area contributed by atoms with Crippen LogP contribution >= 0.6 is 22.9 Å². The fourth-order valence-corrected chi connectivity index (χ4v) is 3.66. The molecule has 25 heavy (non-hydrogen) atoms. The zero-order valence-electron chi connectivity index (χ0n) is 14.8. The molecule has 1 aromatic heterocycles. The lowest BCUT2D eigenvalue weighted by molar-refractivity contribution is 0.102. The molecule has 1 N–H and O–H groups in total. The van der Waals surface area contributed by atoms with Crippen molar-refractivity contribution in [1.82, 2.24) is 10.2 Å². The average Bonchev–Trinajstić information content (AvgIpc) is 3.05. The molecule has 0 radical (unpaired) electrons. The van der Waals surface area contributed by atoms with Gasteiger partial charge in [0.2, 0.25) is 5.13 Å². The van der Waals surface area contributed by atoms with Crippen LogP contribution in [-0.2, 0) is 0 Å². The second-order valence-electron chi connectivity index (χ2n) is 5.34. The Bertz CT molecular complexity index is 732. The fourth-order valence-electron chi connectivity index (χ4n) is 2.39. The summed E-state index contributed by atoms with van der Waals surface area (Å²) in [6.07, 6.45) is 1.98. The van der Waals surface area contributed by atoms with E-state index in [2.05, 4.69) is 29.4 Å². The summed E-state index contributed by atoms with van der Waals surface area (Å²) in [5, 5.41) is 12.7. The summed E-state index contributed by atoms with van der Waals surface area (Å²) in [7, 11) is 1.50. The number of carbonyl (C=O) groups excluding carboxylic acids is 1. The van der Waals surface area contributed by atoms with Crippen LogP contribution in [0.15, 0.2) is 12.1 Å². The van der Waals surface area contributed by atoms with Crippen molar-refractivity contribution >= 4 is 34.0 Å². The minimum absolute atomic E-state index is 0.321. The predicted octanol–water partition coefficient (Wildman–Crippen LogP) is 4.75. The molecule has 1 amide bonds. The van der Waals surface area contributed by atoms with Crippen molar-refractivity contribution in [2.24, 2.45) is 0 Å². The summed E-state index contributed by atoms with van der Waals surface area (Å²) in [6, 6.07) is 3.14. The molecule has 0 saturated heterocycles. The van der Waals surface area contributed by atoms with Crippen molar-refractivity contribution in [3.63, 3.8) is 0 Å². The van der Waals surface area contributed by atoms with Gasteiger partial charge in [0.25, 0.3) is 5.91 Å². The fraction of sp³-hybridized carbons (Fsp3) is 0.471. The van der Waals surface area contributed by atoms with E-state index in [1.807, 2.05) is 6.92 Å². The van der Waals surface area contributed by atoms with E-state index in [4.69, 9.17) is 21.1 Å². The molecule has 0 bridgehead atoms. The molecular formula is C17H22ClN3O3S. The van der Waals surface area contributed by atoms with E-state index < -0.39 is 0 Å². The van der Waals surface area contributed by atoms with Gasteiger partial charge in [0, 0.05) is 11.5 Å². The van der Waals surface area contributed by atoms with Crippen LogP contribution in [0.2, 0.25) is 5.02 Å². The number of benzene rings is 1. The maximum Gasteiger partial charge on any atom is 0.257 e. The first-order valence-corrected chi connectivity index (χ1v) is 9.38. The first kappa shape index (κ1) is 19.5. The number of halogens is 1. The summed E-state index contributed by atoms with van der Waals surface area (Å²) in [5.41, 5.74) is 0.365. The van der Waals surface area contributed by atoms with Crippen LogP contribution in [0.3, 0.4) is 0 Å². The van der Waals surface area contributed by atoms with Gasteiger partial charge in [-0.3, -0.25) is 10.1 Å². The Hall–Kier alpha value is -1.86. The van der Waals surface area contributed by atoms with Gasteiger partial charge in [-0.2, -0.15) is 0 Å². The van der Waals surface area contributed by atoms with Gasteiger partial charge in [-0.25, -0.2) is 0 Å². The lowest BCUT2D eigenvalue weighted by Gasteiger charge is -2.12. The summed E-state index contributed by atoms with van der Waals surface area (Å²) >= 11 is 7.61. The largest absolute Gasteiger partial charge is 0.493 e. The van der Waals surface area contributed by atoms with Crippen LogP contribution < -0.4 is 14.8 Å². The molecule has 2 aromatic rings.